The molecule has 1 aromatic rings. The van der Waals surface area contributed by atoms with Crippen molar-refractivity contribution in [1.82, 2.24) is 10.2 Å². The van der Waals surface area contributed by atoms with Crippen LogP contribution in [0, 0.1) is 0 Å². The van der Waals surface area contributed by atoms with E-state index in [0.29, 0.717) is 23.7 Å². The summed E-state index contributed by atoms with van der Waals surface area (Å²) in [6.45, 7) is 1.11. The van der Waals surface area contributed by atoms with E-state index in [1.54, 1.807) is 29.2 Å². The first kappa shape index (κ1) is 19.1. The number of hydrogen-bond donors (Lipinski definition) is 2. The molecule has 1 atom stereocenters. The van der Waals surface area contributed by atoms with Gasteiger partial charge in [0.2, 0.25) is 0 Å². The number of nitrogens with two attached hydrogens (primary N) is 1. The Hall–Kier alpha value is -2.28. The Kier molecular flexibility index (Phi) is 7.06. The molecular weight excluding hydrogens is 346 g/mol. The Morgan fingerprint density at radius 1 is 1.16 bits per heavy atom. The van der Waals surface area contributed by atoms with Crippen LogP contribution >= 0.6 is 11.6 Å². The molecular formula is C17H22ClN3O4. The number of hydrogen-bond acceptors (Lipinski definition) is 4. The molecule has 3 amide bonds. The molecule has 0 unspecified atom stereocenters. The molecule has 0 aliphatic carbocycles. The Labute approximate surface area is 151 Å². The van der Waals surface area contributed by atoms with Gasteiger partial charge in [0.05, 0.1) is 12.5 Å². The Morgan fingerprint density at radius 2 is 1.80 bits per heavy atom. The molecule has 7 nitrogen and oxygen atoms in total. The molecule has 1 heterocycles. The number of esters is 1. The lowest BCUT2D eigenvalue weighted by molar-refractivity contribution is -0.152. The molecule has 1 aliphatic rings. The van der Waals surface area contributed by atoms with Crippen molar-refractivity contribution in [3.8, 4) is 0 Å². The molecule has 0 bridgehead atoms. The maximum Gasteiger partial charge on any atom is 0.312 e. The first-order valence-corrected chi connectivity index (χ1v) is 8.58. The molecule has 0 radical (unpaired) electrons. The van der Waals surface area contributed by atoms with Crippen LogP contribution in [-0.2, 0) is 14.3 Å². The van der Waals surface area contributed by atoms with Crippen LogP contribution in [0.2, 0.25) is 5.02 Å². The topological polar surface area (TPSA) is 102 Å². The predicted molar refractivity (Wildman–Crippen MR) is 92.9 cm³/mol. The number of primary amides is 1. The van der Waals surface area contributed by atoms with Crippen LogP contribution in [0.25, 0.3) is 0 Å². The summed E-state index contributed by atoms with van der Waals surface area (Å²) in [6.07, 6.45) is 2.94. The number of ether oxygens (including phenoxy) is 1. The summed E-state index contributed by atoms with van der Waals surface area (Å²) in [5.41, 5.74) is 5.84. The fourth-order valence-corrected chi connectivity index (χ4v) is 2.85. The standard InChI is InChI=1S/C17H22ClN3O4/c18-13-6-4-12(5-7-13)14(20-17(19)24)10-16(23)25-11-15(22)21-8-2-1-3-9-21/h4-7,14H,1-3,8-11H2,(H3,19,20,24)/t14-/m0/s1. The van der Waals surface area contributed by atoms with Crippen molar-refractivity contribution < 1.29 is 19.1 Å². The van der Waals surface area contributed by atoms with Crippen molar-refractivity contribution in [2.45, 2.75) is 31.7 Å². The molecule has 0 spiro atoms. The van der Waals surface area contributed by atoms with Crippen molar-refractivity contribution in [2.24, 2.45) is 5.73 Å². The summed E-state index contributed by atoms with van der Waals surface area (Å²) < 4.78 is 5.07. The third-order valence-electron chi connectivity index (χ3n) is 4.03. The third kappa shape index (κ3) is 6.26. The lowest BCUT2D eigenvalue weighted by Gasteiger charge is -2.26. The highest BCUT2D eigenvalue weighted by Gasteiger charge is 2.21. The Morgan fingerprint density at radius 3 is 2.40 bits per heavy atom. The van der Waals surface area contributed by atoms with Crippen LogP contribution < -0.4 is 11.1 Å². The zero-order chi connectivity index (χ0) is 18.2. The first-order chi connectivity index (χ1) is 12.0. The van der Waals surface area contributed by atoms with Crippen LogP contribution in [0.1, 0.15) is 37.3 Å². The van der Waals surface area contributed by atoms with E-state index in [-0.39, 0.29) is 18.9 Å². The number of benzene rings is 1. The van der Waals surface area contributed by atoms with Crippen LogP contribution in [0.3, 0.4) is 0 Å². The summed E-state index contributed by atoms with van der Waals surface area (Å²) >= 11 is 5.84. The van der Waals surface area contributed by atoms with Crippen molar-refractivity contribution in [2.75, 3.05) is 19.7 Å². The molecule has 136 valence electrons. The Bertz CT molecular complexity index is 615. The average Bonchev–Trinajstić information content (AvgIpc) is 2.60. The minimum atomic E-state index is -0.753. The molecule has 1 fully saturated rings. The molecule has 8 heteroatoms. The van der Waals surface area contributed by atoms with Gasteiger partial charge in [0.15, 0.2) is 6.61 Å². The van der Waals surface area contributed by atoms with E-state index in [2.05, 4.69) is 5.32 Å². The number of halogens is 1. The normalized spacial score (nSPS) is 15.3. The molecule has 1 aromatic carbocycles. The summed E-state index contributed by atoms with van der Waals surface area (Å²) in [6, 6.07) is 5.28. The number of nitrogens with one attached hydrogen (secondary N) is 1. The SMILES string of the molecule is NC(=O)N[C@@H](CC(=O)OCC(=O)N1CCCCC1)c1ccc(Cl)cc1. The monoisotopic (exact) mass is 367 g/mol. The lowest BCUT2D eigenvalue weighted by Crippen LogP contribution is -2.39. The van der Waals surface area contributed by atoms with Gasteiger partial charge in [0.25, 0.3) is 5.91 Å². The molecule has 25 heavy (non-hydrogen) atoms. The van der Waals surface area contributed by atoms with Gasteiger partial charge in [0.1, 0.15) is 0 Å². The summed E-state index contributed by atoms with van der Waals surface area (Å²) in [5, 5.41) is 3.04. The van der Waals surface area contributed by atoms with Gasteiger partial charge < -0.3 is 20.7 Å². The summed E-state index contributed by atoms with van der Waals surface area (Å²) in [4.78, 5) is 36.9. The number of amides is 3. The number of carbonyl (C=O) groups is 3. The largest absolute Gasteiger partial charge is 0.455 e. The molecule has 3 N–H and O–H groups in total. The first-order valence-electron chi connectivity index (χ1n) is 8.20. The molecule has 1 aliphatic heterocycles. The minimum Gasteiger partial charge on any atom is -0.455 e. The average molecular weight is 368 g/mol. The highest BCUT2D eigenvalue weighted by atomic mass is 35.5. The lowest BCUT2D eigenvalue weighted by atomic mass is 10.0. The van der Waals surface area contributed by atoms with Crippen molar-refractivity contribution >= 4 is 29.5 Å². The van der Waals surface area contributed by atoms with Gasteiger partial charge in [0, 0.05) is 18.1 Å². The Balaban J connectivity index is 1.89. The van der Waals surface area contributed by atoms with Gasteiger partial charge in [-0.25, -0.2) is 4.79 Å². The van der Waals surface area contributed by atoms with Crippen LogP contribution in [0.5, 0.6) is 0 Å². The molecule has 0 aromatic heterocycles. The molecule has 1 saturated heterocycles. The summed E-state index contributed by atoms with van der Waals surface area (Å²) in [7, 11) is 0. The van der Waals surface area contributed by atoms with Crippen molar-refractivity contribution in [3.63, 3.8) is 0 Å². The maximum absolute atomic E-state index is 12.1. The number of rotatable bonds is 6. The van der Waals surface area contributed by atoms with Gasteiger partial charge in [-0.2, -0.15) is 0 Å². The second-order valence-electron chi connectivity index (χ2n) is 5.92. The van der Waals surface area contributed by atoms with Gasteiger partial charge in [-0.3, -0.25) is 9.59 Å². The minimum absolute atomic E-state index is 0.127. The second kappa shape index (κ2) is 9.27. The maximum atomic E-state index is 12.1. The zero-order valence-electron chi connectivity index (χ0n) is 13.9. The van der Waals surface area contributed by atoms with E-state index in [0.717, 1.165) is 19.3 Å². The fraction of sp³-hybridized carbons (Fsp3) is 0.471. The third-order valence-corrected chi connectivity index (χ3v) is 4.28. The van der Waals surface area contributed by atoms with E-state index in [1.165, 1.54) is 0 Å². The zero-order valence-corrected chi connectivity index (χ0v) is 14.6. The fourth-order valence-electron chi connectivity index (χ4n) is 2.72. The van der Waals surface area contributed by atoms with E-state index in [4.69, 9.17) is 22.1 Å². The van der Waals surface area contributed by atoms with Gasteiger partial charge in [-0.1, -0.05) is 23.7 Å². The van der Waals surface area contributed by atoms with E-state index >= 15 is 0 Å². The highest BCUT2D eigenvalue weighted by Crippen LogP contribution is 2.20. The van der Waals surface area contributed by atoms with Crippen molar-refractivity contribution in [1.29, 1.82) is 0 Å². The van der Waals surface area contributed by atoms with Crippen molar-refractivity contribution in [3.05, 3.63) is 34.9 Å². The number of likely N-dealkylation sites (tertiary alicyclic amines) is 1. The van der Waals surface area contributed by atoms with E-state index < -0.39 is 18.0 Å². The molecule has 2 rings (SSSR count). The van der Waals surface area contributed by atoms with Gasteiger partial charge in [-0.05, 0) is 37.0 Å². The quantitative estimate of drug-likeness (QED) is 0.750. The van der Waals surface area contributed by atoms with Crippen LogP contribution in [0.4, 0.5) is 4.79 Å². The van der Waals surface area contributed by atoms with E-state index in [1.807, 2.05) is 0 Å². The number of urea groups is 1. The number of piperidine rings is 1. The van der Waals surface area contributed by atoms with Crippen LogP contribution in [0.15, 0.2) is 24.3 Å². The number of carbonyl (C=O) groups excluding carboxylic acids is 3. The van der Waals surface area contributed by atoms with Crippen LogP contribution in [-0.4, -0.2) is 42.5 Å². The van der Waals surface area contributed by atoms with Gasteiger partial charge >= 0.3 is 12.0 Å². The molecule has 0 saturated carbocycles. The highest BCUT2D eigenvalue weighted by molar-refractivity contribution is 6.30. The van der Waals surface area contributed by atoms with Gasteiger partial charge in [-0.15, -0.1) is 0 Å². The van der Waals surface area contributed by atoms with E-state index in [9.17, 15) is 14.4 Å². The predicted octanol–water partition coefficient (Wildman–Crippen LogP) is 2.00. The number of nitrogens with zero attached hydrogens (tertiary/aromatic N) is 1. The summed E-state index contributed by atoms with van der Waals surface area (Å²) in [5.74, 6) is -0.780. The smallest absolute Gasteiger partial charge is 0.312 e. The second-order valence-corrected chi connectivity index (χ2v) is 6.36.